The minimum Gasteiger partial charge on any atom is -0.342 e. The molecule has 0 aliphatic carbocycles. The highest BCUT2D eigenvalue weighted by Crippen LogP contribution is 2.29. The Labute approximate surface area is 171 Å². The largest absolute Gasteiger partial charge is 0.342 e. The molecule has 0 saturated carbocycles. The highest BCUT2D eigenvalue weighted by Gasteiger charge is 2.32. The average Bonchev–Trinajstić information content (AvgIpc) is 3.06. The number of benzene rings is 1. The topological polar surface area (TPSA) is 62.3 Å². The Bertz CT molecular complexity index is 845. The highest BCUT2D eigenvalue weighted by atomic mass is 32.1. The third kappa shape index (κ3) is 4.90. The molecule has 1 aromatic heterocycles. The minimum absolute atomic E-state index is 0.0214. The van der Waals surface area contributed by atoms with Crippen LogP contribution >= 0.6 is 11.3 Å². The zero-order valence-corrected chi connectivity index (χ0v) is 18.2. The first kappa shape index (κ1) is 20.8. The number of piperidine rings is 1. The fourth-order valence-corrected chi connectivity index (χ4v) is 4.52. The molecule has 2 aromatic rings. The van der Waals surface area contributed by atoms with Crippen LogP contribution in [-0.4, -0.2) is 34.8 Å². The maximum Gasteiger partial charge on any atom is 0.229 e. The van der Waals surface area contributed by atoms with E-state index in [2.05, 4.69) is 29.4 Å². The van der Waals surface area contributed by atoms with Crippen molar-refractivity contribution in [2.75, 3.05) is 18.4 Å². The second-order valence-electron chi connectivity index (χ2n) is 8.73. The second kappa shape index (κ2) is 8.60. The number of carbonyl (C=O) groups is 2. The van der Waals surface area contributed by atoms with Gasteiger partial charge in [0.05, 0.1) is 10.2 Å². The number of amides is 2. The van der Waals surface area contributed by atoms with E-state index in [9.17, 15) is 9.59 Å². The van der Waals surface area contributed by atoms with E-state index in [4.69, 9.17) is 0 Å². The van der Waals surface area contributed by atoms with Crippen molar-refractivity contribution < 1.29 is 9.59 Å². The molecule has 1 aliphatic rings. The van der Waals surface area contributed by atoms with Gasteiger partial charge in [0.25, 0.3) is 0 Å². The average molecular weight is 402 g/mol. The number of fused-ring (bicyclic) bond motifs is 1. The van der Waals surface area contributed by atoms with Crippen molar-refractivity contribution in [1.82, 2.24) is 9.88 Å². The monoisotopic (exact) mass is 401 g/mol. The maximum absolute atomic E-state index is 12.7. The van der Waals surface area contributed by atoms with Gasteiger partial charge in [-0.25, -0.2) is 4.98 Å². The van der Waals surface area contributed by atoms with Gasteiger partial charge in [-0.15, -0.1) is 0 Å². The molecule has 1 N–H and O–H groups in total. The van der Waals surface area contributed by atoms with Gasteiger partial charge < -0.3 is 10.2 Å². The first-order chi connectivity index (χ1) is 13.3. The molecule has 1 saturated heterocycles. The summed E-state index contributed by atoms with van der Waals surface area (Å²) in [6.45, 7) is 9.31. The summed E-state index contributed by atoms with van der Waals surface area (Å²) in [6.07, 6.45) is 4.86. The Morgan fingerprint density at radius 1 is 1.25 bits per heavy atom. The molecule has 6 heteroatoms. The second-order valence-corrected chi connectivity index (χ2v) is 9.76. The van der Waals surface area contributed by atoms with Crippen LogP contribution in [0.1, 0.15) is 58.9 Å². The smallest absolute Gasteiger partial charge is 0.229 e. The van der Waals surface area contributed by atoms with E-state index in [1.165, 1.54) is 29.7 Å². The Kier molecular flexibility index (Phi) is 6.38. The number of aryl methyl sites for hydroxylation is 1. The Morgan fingerprint density at radius 3 is 2.61 bits per heavy atom. The molecule has 0 radical (unpaired) electrons. The molecule has 152 valence electrons. The number of hydrogen-bond acceptors (Lipinski definition) is 4. The fraction of sp³-hybridized carbons (Fsp3) is 0.591. The van der Waals surface area contributed by atoms with Crippen molar-refractivity contribution in [1.29, 1.82) is 0 Å². The predicted molar refractivity (Wildman–Crippen MR) is 116 cm³/mol. The summed E-state index contributed by atoms with van der Waals surface area (Å²) in [5.74, 6) is 0.126. The van der Waals surface area contributed by atoms with Crippen LogP contribution in [-0.2, 0) is 16.0 Å². The van der Waals surface area contributed by atoms with Gasteiger partial charge in [-0.3, -0.25) is 9.59 Å². The van der Waals surface area contributed by atoms with Crippen LogP contribution in [0.15, 0.2) is 18.2 Å². The molecule has 1 aromatic carbocycles. The number of hydrogen-bond donors (Lipinski definition) is 1. The van der Waals surface area contributed by atoms with Crippen LogP contribution in [0, 0.1) is 11.3 Å². The molecule has 0 bridgehead atoms. The fourth-order valence-electron chi connectivity index (χ4n) is 3.59. The van der Waals surface area contributed by atoms with Crippen LogP contribution in [0.2, 0.25) is 0 Å². The molecule has 2 heterocycles. The van der Waals surface area contributed by atoms with Gasteiger partial charge >= 0.3 is 0 Å². The molecule has 0 spiro atoms. The van der Waals surface area contributed by atoms with Gasteiger partial charge in [0.2, 0.25) is 11.8 Å². The zero-order chi connectivity index (χ0) is 20.3. The summed E-state index contributed by atoms with van der Waals surface area (Å²) in [5, 5.41) is 3.67. The zero-order valence-electron chi connectivity index (χ0n) is 17.4. The summed E-state index contributed by atoms with van der Waals surface area (Å²) >= 11 is 1.54. The van der Waals surface area contributed by atoms with Crippen molar-refractivity contribution >= 4 is 38.5 Å². The van der Waals surface area contributed by atoms with Crippen molar-refractivity contribution in [3.63, 3.8) is 0 Å². The van der Waals surface area contributed by atoms with Crippen LogP contribution in [0.3, 0.4) is 0 Å². The van der Waals surface area contributed by atoms with Gasteiger partial charge in [0.1, 0.15) is 0 Å². The molecular weight excluding hydrogens is 370 g/mol. The van der Waals surface area contributed by atoms with E-state index in [1.807, 2.05) is 31.7 Å². The third-order valence-corrected chi connectivity index (χ3v) is 6.23. The Balaban J connectivity index is 1.58. The number of unbranched alkanes of at least 4 members (excludes halogenated alkanes) is 1. The van der Waals surface area contributed by atoms with Gasteiger partial charge in [0.15, 0.2) is 5.13 Å². The number of thiazole rings is 1. The van der Waals surface area contributed by atoms with E-state index in [0.29, 0.717) is 31.1 Å². The molecule has 0 unspecified atom stereocenters. The van der Waals surface area contributed by atoms with Crippen molar-refractivity contribution in [2.45, 2.75) is 59.8 Å². The Morgan fingerprint density at radius 2 is 1.96 bits per heavy atom. The number of anilines is 1. The number of rotatable bonds is 5. The summed E-state index contributed by atoms with van der Waals surface area (Å²) in [5.41, 5.74) is 1.89. The predicted octanol–water partition coefficient (Wildman–Crippen LogP) is 4.86. The van der Waals surface area contributed by atoms with Crippen LogP contribution < -0.4 is 5.32 Å². The third-order valence-electron chi connectivity index (χ3n) is 5.30. The molecule has 3 rings (SSSR count). The summed E-state index contributed by atoms with van der Waals surface area (Å²) in [4.78, 5) is 31.5. The van der Waals surface area contributed by atoms with Crippen molar-refractivity contribution in [3.05, 3.63) is 23.8 Å². The molecular formula is C22H31N3O2S. The van der Waals surface area contributed by atoms with E-state index < -0.39 is 0 Å². The lowest BCUT2D eigenvalue weighted by atomic mass is 9.91. The lowest BCUT2D eigenvalue weighted by molar-refractivity contribution is -0.142. The minimum atomic E-state index is -0.369. The number of nitrogens with zero attached hydrogens (tertiary/aromatic N) is 2. The molecule has 2 amide bonds. The van der Waals surface area contributed by atoms with E-state index in [1.54, 1.807) is 0 Å². The number of nitrogens with one attached hydrogen (secondary N) is 1. The molecule has 5 nitrogen and oxygen atoms in total. The van der Waals surface area contributed by atoms with Crippen molar-refractivity contribution in [3.8, 4) is 0 Å². The number of carbonyl (C=O) groups excluding carboxylic acids is 2. The van der Waals surface area contributed by atoms with Crippen molar-refractivity contribution in [2.24, 2.45) is 11.3 Å². The lowest BCUT2D eigenvalue weighted by Gasteiger charge is -2.35. The molecule has 28 heavy (non-hydrogen) atoms. The first-order valence-corrected chi connectivity index (χ1v) is 11.1. The van der Waals surface area contributed by atoms with Gasteiger partial charge in [-0.2, -0.15) is 0 Å². The van der Waals surface area contributed by atoms with E-state index in [-0.39, 0.29) is 23.1 Å². The van der Waals surface area contributed by atoms with E-state index in [0.717, 1.165) is 16.6 Å². The van der Waals surface area contributed by atoms with Gasteiger partial charge in [-0.05, 0) is 43.4 Å². The quantitative estimate of drug-likeness (QED) is 0.778. The molecule has 0 atom stereocenters. The van der Waals surface area contributed by atoms with Gasteiger partial charge in [-0.1, -0.05) is 51.5 Å². The maximum atomic E-state index is 12.7. The van der Waals surface area contributed by atoms with Gasteiger partial charge in [0, 0.05) is 24.4 Å². The summed E-state index contributed by atoms with van der Waals surface area (Å²) in [6, 6.07) is 6.36. The molecule has 1 aliphatic heterocycles. The highest BCUT2D eigenvalue weighted by molar-refractivity contribution is 7.22. The SMILES string of the molecule is CCCCc1ccc2nc(NC(=O)C3CCN(C(=O)C(C)(C)C)CC3)sc2c1. The normalized spacial score (nSPS) is 15.8. The number of aromatic nitrogens is 1. The van der Waals surface area contributed by atoms with E-state index >= 15 is 0 Å². The first-order valence-electron chi connectivity index (χ1n) is 10.3. The van der Waals surface area contributed by atoms with Crippen LogP contribution in [0.5, 0.6) is 0 Å². The summed E-state index contributed by atoms with van der Waals surface area (Å²) < 4.78 is 1.12. The van der Waals surface area contributed by atoms with Crippen LogP contribution in [0.25, 0.3) is 10.2 Å². The number of likely N-dealkylation sites (tertiary alicyclic amines) is 1. The summed E-state index contributed by atoms with van der Waals surface area (Å²) in [7, 11) is 0. The standard InChI is InChI=1S/C22H31N3O2S/c1-5-6-7-15-8-9-17-18(14-15)28-21(23-17)24-19(26)16-10-12-25(13-11-16)20(27)22(2,3)4/h8-9,14,16H,5-7,10-13H2,1-4H3,(H,23,24,26). The van der Waals surface area contributed by atoms with Crippen LogP contribution in [0.4, 0.5) is 5.13 Å². The Hall–Kier alpha value is -1.95. The molecule has 1 fully saturated rings. The lowest BCUT2D eigenvalue weighted by Crippen LogP contribution is -2.45.